The van der Waals surface area contributed by atoms with Crippen molar-refractivity contribution in [1.82, 2.24) is 10.3 Å². The second-order valence-electron chi connectivity index (χ2n) is 6.23. The largest absolute Gasteiger partial charge is 0.477 e. The van der Waals surface area contributed by atoms with Gasteiger partial charge in [0, 0.05) is 6.04 Å². The standard InChI is InChI=1S/C16H23F3N4O2/c1-2-7-25-15-11(8-12(20)13(21)23-15)14(24)22-10-5-3-9(4-6-10)16(17,18)19/h8-10H,2-7,20H2,1H3,(H2,21,23)(H,22,24). The first-order valence-electron chi connectivity index (χ1n) is 8.28. The number of halogens is 3. The molecule has 1 fully saturated rings. The van der Waals surface area contributed by atoms with Gasteiger partial charge in [-0.05, 0) is 38.2 Å². The molecule has 0 unspecified atom stereocenters. The van der Waals surface area contributed by atoms with Crippen molar-refractivity contribution < 1.29 is 22.7 Å². The molecule has 0 spiro atoms. The zero-order valence-corrected chi connectivity index (χ0v) is 14.0. The number of hydrogen-bond acceptors (Lipinski definition) is 5. The second-order valence-corrected chi connectivity index (χ2v) is 6.23. The summed E-state index contributed by atoms with van der Waals surface area (Å²) in [6, 6.07) is 1.06. The van der Waals surface area contributed by atoms with Crippen LogP contribution >= 0.6 is 0 Å². The Kier molecular flexibility index (Phi) is 5.97. The quantitative estimate of drug-likeness (QED) is 0.749. The van der Waals surface area contributed by atoms with Gasteiger partial charge >= 0.3 is 6.18 Å². The molecule has 0 atom stereocenters. The smallest absolute Gasteiger partial charge is 0.391 e. The second kappa shape index (κ2) is 7.79. The molecule has 0 radical (unpaired) electrons. The number of nitrogens with zero attached hydrogens (tertiary/aromatic N) is 1. The van der Waals surface area contributed by atoms with Gasteiger partial charge in [-0.15, -0.1) is 0 Å². The molecule has 1 saturated carbocycles. The summed E-state index contributed by atoms with van der Waals surface area (Å²) in [5, 5.41) is 2.75. The zero-order valence-electron chi connectivity index (χ0n) is 14.0. The molecule has 1 aromatic heterocycles. The van der Waals surface area contributed by atoms with Crippen LogP contribution in [0.3, 0.4) is 0 Å². The molecule has 2 rings (SSSR count). The maximum absolute atomic E-state index is 12.7. The van der Waals surface area contributed by atoms with E-state index in [2.05, 4.69) is 10.3 Å². The molecule has 1 heterocycles. The third-order valence-electron chi connectivity index (χ3n) is 4.26. The highest BCUT2D eigenvalue weighted by Gasteiger charge is 2.41. The van der Waals surface area contributed by atoms with Crippen LogP contribution in [0.4, 0.5) is 24.7 Å². The number of nitrogens with one attached hydrogen (secondary N) is 1. The third-order valence-corrected chi connectivity index (χ3v) is 4.26. The number of carbonyl (C=O) groups excluding carboxylic acids is 1. The maximum Gasteiger partial charge on any atom is 0.391 e. The molecule has 0 aliphatic heterocycles. The van der Waals surface area contributed by atoms with Crippen molar-refractivity contribution >= 4 is 17.4 Å². The SMILES string of the molecule is CCCOc1nc(N)c(N)cc1C(=O)NC1CCC(C(F)(F)F)CC1. The first-order chi connectivity index (χ1) is 11.7. The zero-order chi connectivity index (χ0) is 18.6. The monoisotopic (exact) mass is 360 g/mol. The predicted molar refractivity (Wildman–Crippen MR) is 88.1 cm³/mol. The van der Waals surface area contributed by atoms with Crippen molar-refractivity contribution in [2.75, 3.05) is 18.1 Å². The molecular weight excluding hydrogens is 337 g/mol. The Hall–Kier alpha value is -2.19. The molecule has 25 heavy (non-hydrogen) atoms. The van der Waals surface area contributed by atoms with Gasteiger partial charge < -0.3 is 21.5 Å². The highest BCUT2D eigenvalue weighted by Crippen LogP contribution is 2.37. The lowest BCUT2D eigenvalue weighted by Crippen LogP contribution is -2.40. The van der Waals surface area contributed by atoms with Gasteiger partial charge in [0.15, 0.2) is 5.82 Å². The van der Waals surface area contributed by atoms with Crippen LogP contribution in [-0.2, 0) is 0 Å². The van der Waals surface area contributed by atoms with Gasteiger partial charge in [0.05, 0.1) is 18.2 Å². The molecule has 0 saturated heterocycles. The van der Waals surface area contributed by atoms with Crippen molar-refractivity contribution in [3.05, 3.63) is 11.6 Å². The fourth-order valence-corrected chi connectivity index (χ4v) is 2.83. The number of nitrogens with two attached hydrogens (primary N) is 2. The first kappa shape index (κ1) is 19.1. The Balaban J connectivity index is 2.05. The van der Waals surface area contributed by atoms with Crippen LogP contribution in [0, 0.1) is 5.92 Å². The number of aromatic nitrogens is 1. The van der Waals surface area contributed by atoms with Crippen LogP contribution in [0.5, 0.6) is 5.88 Å². The number of rotatable bonds is 5. The van der Waals surface area contributed by atoms with E-state index in [4.69, 9.17) is 16.2 Å². The Morgan fingerprint density at radius 3 is 2.52 bits per heavy atom. The lowest BCUT2D eigenvalue weighted by molar-refractivity contribution is -0.182. The number of anilines is 2. The fraction of sp³-hybridized carbons (Fsp3) is 0.625. The minimum absolute atomic E-state index is 0.00969. The number of carbonyl (C=O) groups is 1. The van der Waals surface area contributed by atoms with Gasteiger partial charge in [0.2, 0.25) is 5.88 Å². The summed E-state index contributed by atoms with van der Waals surface area (Å²) in [6.07, 6.45) is -2.89. The van der Waals surface area contributed by atoms with Crippen molar-refractivity contribution in [2.45, 2.75) is 51.2 Å². The molecule has 0 aromatic carbocycles. The molecule has 0 bridgehead atoms. The van der Waals surface area contributed by atoms with Crippen molar-refractivity contribution in [2.24, 2.45) is 5.92 Å². The lowest BCUT2D eigenvalue weighted by atomic mass is 9.85. The Morgan fingerprint density at radius 2 is 1.96 bits per heavy atom. The van der Waals surface area contributed by atoms with Crippen molar-refractivity contribution in [1.29, 1.82) is 0 Å². The Bertz CT molecular complexity index is 614. The maximum atomic E-state index is 12.7. The number of amides is 1. The number of pyridine rings is 1. The summed E-state index contributed by atoms with van der Waals surface area (Å²) < 4.78 is 43.6. The van der Waals surface area contributed by atoms with Crippen LogP contribution in [0.1, 0.15) is 49.4 Å². The van der Waals surface area contributed by atoms with Crippen LogP contribution in [0.2, 0.25) is 0 Å². The molecule has 1 aliphatic carbocycles. The van der Waals surface area contributed by atoms with E-state index in [1.165, 1.54) is 6.07 Å². The van der Waals surface area contributed by atoms with E-state index in [9.17, 15) is 18.0 Å². The van der Waals surface area contributed by atoms with Crippen LogP contribution in [-0.4, -0.2) is 29.7 Å². The molecule has 1 aliphatic rings. The van der Waals surface area contributed by atoms with E-state index in [1.807, 2.05) is 6.92 Å². The van der Waals surface area contributed by atoms with Crippen LogP contribution in [0.25, 0.3) is 0 Å². The minimum atomic E-state index is -4.18. The Labute approximate surface area is 144 Å². The lowest BCUT2D eigenvalue weighted by Gasteiger charge is -2.30. The van der Waals surface area contributed by atoms with Gasteiger partial charge in [-0.1, -0.05) is 6.92 Å². The normalized spacial score (nSPS) is 21.0. The number of alkyl halides is 3. The highest BCUT2D eigenvalue weighted by molar-refractivity contribution is 5.98. The van der Waals surface area contributed by atoms with Gasteiger partial charge in [0.25, 0.3) is 5.91 Å². The summed E-state index contributed by atoms with van der Waals surface area (Å²) in [4.78, 5) is 16.5. The molecular formula is C16H23F3N4O2. The summed E-state index contributed by atoms with van der Waals surface area (Å²) in [5.74, 6) is -1.62. The van der Waals surface area contributed by atoms with E-state index < -0.39 is 18.0 Å². The molecule has 1 amide bonds. The van der Waals surface area contributed by atoms with Crippen LogP contribution < -0.4 is 21.5 Å². The summed E-state index contributed by atoms with van der Waals surface area (Å²) in [5.41, 5.74) is 11.6. The first-order valence-corrected chi connectivity index (χ1v) is 8.28. The number of hydrogen-bond donors (Lipinski definition) is 3. The van der Waals surface area contributed by atoms with Gasteiger partial charge in [-0.3, -0.25) is 4.79 Å². The van der Waals surface area contributed by atoms with Crippen molar-refractivity contribution in [3.63, 3.8) is 0 Å². The molecule has 5 N–H and O–H groups in total. The minimum Gasteiger partial charge on any atom is -0.477 e. The fourth-order valence-electron chi connectivity index (χ4n) is 2.83. The van der Waals surface area contributed by atoms with E-state index in [1.54, 1.807) is 0 Å². The van der Waals surface area contributed by atoms with Crippen molar-refractivity contribution in [3.8, 4) is 5.88 Å². The topological polar surface area (TPSA) is 103 Å². The Morgan fingerprint density at radius 1 is 1.32 bits per heavy atom. The van der Waals surface area contributed by atoms with Crippen LogP contribution in [0.15, 0.2) is 6.07 Å². The summed E-state index contributed by atoms with van der Waals surface area (Å²) in [7, 11) is 0. The average Bonchev–Trinajstić information content (AvgIpc) is 2.55. The van der Waals surface area contributed by atoms with Gasteiger partial charge in [0.1, 0.15) is 5.56 Å². The van der Waals surface area contributed by atoms with E-state index >= 15 is 0 Å². The molecule has 6 nitrogen and oxygen atoms in total. The summed E-state index contributed by atoms with van der Waals surface area (Å²) >= 11 is 0. The number of nitrogen functional groups attached to an aromatic ring is 2. The number of ether oxygens (including phenoxy) is 1. The van der Waals surface area contributed by atoms with E-state index in [-0.39, 0.29) is 54.7 Å². The third kappa shape index (κ3) is 4.90. The van der Waals surface area contributed by atoms with Gasteiger partial charge in [-0.25, -0.2) is 0 Å². The average molecular weight is 360 g/mol. The molecule has 140 valence electrons. The predicted octanol–water partition coefficient (Wildman–Crippen LogP) is 2.89. The summed E-state index contributed by atoms with van der Waals surface area (Å²) in [6.45, 7) is 2.26. The molecule has 1 aromatic rings. The van der Waals surface area contributed by atoms with E-state index in [0.29, 0.717) is 13.0 Å². The van der Waals surface area contributed by atoms with Gasteiger partial charge in [-0.2, -0.15) is 18.2 Å². The highest BCUT2D eigenvalue weighted by atomic mass is 19.4. The molecule has 9 heteroatoms. The van der Waals surface area contributed by atoms with E-state index in [0.717, 1.165) is 0 Å².